The molecule has 0 aliphatic rings. The first kappa shape index (κ1) is 20.0. The molecule has 0 aliphatic carbocycles. The Bertz CT molecular complexity index is 1220. The lowest BCUT2D eigenvalue weighted by Gasteiger charge is -2.08. The van der Waals surface area contributed by atoms with Gasteiger partial charge in [-0.2, -0.15) is 0 Å². The third-order valence-electron chi connectivity index (χ3n) is 5.19. The van der Waals surface area contributed by atoms with Crippen molar-refractivity contribution < 1.29 is 4.79 Å². The summed E-state index contributed by atoms with van der Waals surface area (Å²) < 4.78 is 1.80. The van der Waals surface area contributed by atoms with Gasteiger partial charge in [0.25, 0.3) is 5.91 Å². The van der Waals surface area contributed by atoms with Gasteiger partial charge >= 0.3 is 0 Å². The lowest BCUT2D eigenvalue weighted by molar-refractivity contribution is 0.0963. The van der Waals surface area contributed by atoms with Crippen molar-refractivity contribution in [3.8, 4) is 0 Å². The number of pyridine rings is 1. The number of carbonyl (C=O) groups excluding carboxylic acids is 1. The standard InChI is InChI=1S/C25H22ClN3O/c1-17-6-11-24-23(15-17)22(12-14-27-16-21-5-3-4-13-28-21)18(2)29(24)25(30)19-7-9-20(26)10-8-19/h3-11,13,15-16H,12,14H2,1-2H3. The summed E-state index contributed by atoms with van der Waals surface area (Å²) in [5, 5.41) is 1.71. The molecular formula is C25H22ClN3O. The van der Waals surface area contributed by atoms with Gasteiger partial charge in [-0.3, -0.25) is 19.3 Å². The smallest absolute Gasteiger partial charge is 0.262 e. The average Bonchev–Trinajstić information content (AvgIpc) is 3.02. The highest BCUT2D eigenvalue weighted by Crippen LogP contribution is 2.28. The molecule has 0 radical (unpaired) electrons. The van der Waals surface area contributed by atoms with Crippen molar-refractivity contribution in [1.82, 2.24) is 9.55 Å². The van der Waals surface area contributed by atoms with E-state index < -0.39 is 0 Å². The van der Waals surface area contributed by atoms with Crippen LogP contribution in [0.15, 0.2) is 71.9 Å². The van der Waals surface area contributed by atoms with Crippen LogP contribution < -0.4 is 0 Å². The van der Waals surface area contributed by atoms with Crippen LogP contribution in [0.25, 0.3) is 10.9 Å². The number of benzene rings is 2. The summed E-state index contributed by atoms with van der Waals surface area (Å²) in [6, 6.07) is 19.0. The van der Waals surface area contributed by atoms with Gasteiger partial charge in [0, 0.05) is 40.6 Å². The average molecular weight is 416 g/mol. The maximum atomic E-state index is 13.3. The van der Waals surface area contributed by atoms with Crippen molar-refractivity contribution in [3.05, 3.63) is 100.0 Å². The molecule has 0 N–H and O–H groups in total. The molecule has 2 aromatic carbocycles. The lowest BCUT2D eigenvalue weighted by Crippen LogP contribution is -2.13. The van der Waals surface area contributed by atoms with Crippen molar-refractivity contribution >= 4 is 34.6 Å². The van der Waals surface area contributed by atoms with Gasteiger partial charge in [0.15, 0.2) is 0 Å². The van der Waals surface area contributed by atoms with Gasteiger partial charge in [0.05, 0.1) is 11.2 Å². The van der Waals surface area contributed by atoms with Crippen LogP contribution in [0.3, 0.4) is 0 Å². The molecule has 4 nitrogen and oxygen atoms in total. The third kappa shape index (κ3) is 4.05. The molecule has 30 heavy (non-hydrogen) atoms. The van der Waals surface area contributed by atoms with E-state index in [9.17, 15) is 4.79 Å². The van der Waals surface area contributed by atoms with E-state index >= 15 is 0 Å². The molecule has 150 valence electrons. The Morgan fingerprint density at radius 2 is 1.90 bits per heavy atom. The van der Waals surface area contributed by atoms with Crippen molar-refractivity contribution in [2.24, 2.45) is 4.99 Å². The molecule has 0 unspecified atom stereocenters. The van der Waals surface area contributed by atoms with Crippen LogP contribution in [0.5, 0.6) is 0 Å². The number of nitrogens with zero attached hydrogens (tertiary/aromatic N) is 3. The highest BCUT2D eigenvalue weighted by atomic mass is 35.5. The topological polar surface area (TPSA) is 47.2 Å². The van der Waals surface area contributed by atoms with E-state index in [-0.39, 0.29) is 5.91 Å². The number of carbonyl (C=O) groups is 1. The Morgan fingerprint density at radius 3 is 2.63 bits per heavy atom. The zero-order chi connectivity index (χ0) is 21.1. The van der Waals surface area contributed by atoms with E-state index in [1.54, 1.807) is 41.2 Å². The molecule has 0 spiro atoms. The minimum atomic E-state index is -0.0544. The fourth-order valence-corrected chi connectivity index (χ4v) is 3.81. The molecule has 4 aromatic rings. The van der Waals surface area contributed by atoms with Gasteiger partial charge in [-0.15, -0.1) is 0 Å². The fourth-order valence-electron chi connectivity index (χ4n) is 3.68. The van der Waals surface area contributed by atoms with Crippen molar-refractivity contribution in [2.75, 3.05) is 6.54 Å². The summed E-state index contributed by atoms with van der Waals surface area (Å²) in [6.45, 7) is 4.69. The summed E-state index contributed by atoms with van der Waals surface area (Å²) >= 11 is 5.99. The first-order chi connectivity index (χ1) is 14.5. The molecule has 2 heterocycles. The van der Waals surface area contributed by atoms with Crippen LogP contribution in [-0.4, -0.2) is 28.2 Å². The number of aromatic nitrogens is 2. The summed E-state index contributed by atoms with van der Waals surface area (Å²) in [5.74, 6) is -0.0544. The van der Waals surface area contributed by atoms with Crippen LogP contribution in [0.4, 0.5) is 0 Å². The van der Waals surface area contributed by atoms with Crippen LogP contribution >= 0.6 is 11.6 Å². The number of hydrogen-bond acceptors (Lipinski definition) is 3. The zero-order valence-corrected chi connectivity index (χ0v) is 17.7. The van der Waals surface area contributed by atoms with E-state index in [2.05, 4.69) is 23.0 Å². The van der Waals surface area contributed by atoms with Crippen LogP contribution in [-0.2, 0) is 6.42 Å². The van der Waals surface area contributed by atoms with E-state index in [0.29, 0.717) is 17.1 Å². The number of rotatable bonds is 5. The van der Waals surface area contributed by atoms with Gasteiger partial charge < -0.3 is 0 Å². The Morgan fingerprint density at radius 1 is 1.10 bits per heavy atom. The molecule has 0 atom stereocenters. The van der Waals surface area contributed by atoms with Gasteiger partial charge in [-0.05, 0) is 74.4 Å². The predicted molar refractivity (Wildman–Crippen MR) is 123 cm³/mol. The molecule has 0 saturated heterocycles. The minimum Gasteiger partial charge on any atom is -0.291 e. The van der Waals surface area contributed by atoms with E-state index in [1.165, 1.54) is 0 Å². The van der Waals surface area contributed by atoms with Crippen molar-refractivity contribution in [3.63, 3.8) is 0 Å². The molecule has 4 rings (SSSR count). The van der Waals surface area contributed by atoms with Gasteiger partial charge in [0.2, 0.25) is 0 Å². The van der Waals surface area contributed by atoms with Crippen LogP contribution in [0.1, 0.15) is 32.9 Å². The predicted octanol–water partition coefficient (Wildman–Crippen LogP) is 5.66. The molecular weight excluding hydrogens is 394 g/mol. The Balaban J connectivity index is 1.68. The minimum absolute atomic E-state index is 0.0544. The summed E-state index contributed by atoms with van der Waals surface area (Å²) in [7, 11) is 0. The van der Waals surface area contributed by atoms with E-state index in [4.69, 9.17) is 11.6 Å². The second kappa shape index (κ2) is 8.64. The quantitative estimate of drug-likeness (QED) is 0.395. The number of halogens is 1. The second-order valence-corrected chi connectivity index (χ2v) is 7.71. The molecule has 0 bridgehead atoms. The van der Waals surface area contributed by atoms with Crippen molar-refractivity contribution in [1.29, 1.82) is 0 Å². The monoisotopic (exact) mass is 415 g/mol. The highest BCUT2D eigenvalue weighted by Gasteiger charge is 2.19. The fraction of sp³-hybridized carbons (Fsp3) is 0.160. The summed E-state index contributed by atoms with van der Waals surface area (Å²) in [4.78, 5) is 22.1. The Kier molecular flexibility index (Phi) is 5.77. The van der Waals surface area contributed by atoms with Gasteiger partial charge in [-0.25, -0.2) is 0 Å². The van der Waals surface area contributed by atoms with Crippen LogP contribution in [0.2, 0.25) is 5.02 Å². The first-order valence-electron chi connectivity index (χ1n) is 9.86. The number of aliphatic imine (C=N–C) groups is 1. The van der Waals surface area contributed by atoms with Crippen LogP contribution in [0, 0.1) is 13.8 Å². The van der Waals surface area contributed by atoms with Crippen molar-refractivity contribution in [2.45, 2.75) is 20.3 Å². The maximum absolute atomic E-state index is 13.3. The zero-order valence-electron chi connectivity index (χ0n) is 17.0. The Hall–Kier alpha value is -3.24. The molecule has 2 aromatic heterocycles. The van der Waals surface area contributed by atoms with E-state index in [1.807, 2.05) is 37.3 Å². The highest BCUT2D eigenvalue weighted by molar-refractivity contribution is 6.30. The first-order valence-corrected chi connectivity index (χ1v) is 10.2. The Labute approximate surface area is 180 Å². The molecule has 0 saturated carbocycles. The maximum Gasteiger partial charge on any atom is 0.262 e. The summed E-state index contributed by atoms with van der Waals surface area (Å²) in [6.07, 6.45) is 4.29. The molecule has 0 aliphatic heterocycles. The summed E-state index contributed by atoms with van der Waals surface area (Å²) in [5.41, 5.74) is 5.63. The van der Waals surface area contributed by atoms with Gasteiger partial charge in [0.1, 0.15) is 0 Å². The molecule has 0 fully saturated rings. The lowest BCUT2D eigenvalue weighted by atomic mass is 10.1. The second-order valence-electron chi connectivity index (χ2n) is 7.27. The number of fused-ring (bicyclic) bond motifs is 1. The third-order valence-corrected chi connectivity index (χ3v) is 5.44. The number of hydrogen-bond donors (Lipinski definition) is 0. The molecule has 0 amide bonds. The number of aryl methyl sites for hydroxylation is 1. The van der Waals surface area contributed by atoms with E-state index in [0.717, 1.165) is 39.8 Å². The normalized spacial score (nSPS) is 11.4. The van der Waals surface area contributed by atoms with Gasteiger partial charge in [-0.1, -0.05) is 29.3 Å². The largest absolute Gasteiger partial charge is 0.291 e. The SMILES string of the molecule is Cc1ccc2c(c1)c(CCN=Cc1ccccn1)c(C)n2C(=O)c1ccc(Cl)cc1. The molecule has 5 heteroatoms.